The van der Waals surface area contributed by atoms with E-state index < -0.39 is 0 Å². The van der Waals surface area contributed by atoms with Crippen LogP contribution in [0, 0.1) is 0 Å². The highest BCUT2D eigenvalue weighted by Gasteiger charge is 2.10. The number of nitrogens with one attached hydrogen (secondary N) is 3. The van der Waals surface area contributed by atoms with E-state index in [0.717, 1.165) is 0 Å². The Morgan fingerprint density at radius 1 is 1.00 bits per heavy atom. The second kappa shape index (κ2) is 10.0. The lowest BCUT2D eigenvalue weighted by Gasteiger charge is -2.13. The van der Waals surface area contributed by atoms with E-state index in [1.54, 1.807) is 68.0 Å². The Morgan fingerprint density at radius 3 is 2.60 bits per heavy atom. The summed E-state index contributed by atoms with van der Waals surface area (Å²) < 4.78 is 15.6. The van der Waals surface area contributed by atoms with Crippen molar-refractivity contribution in [3.8, 4) is 11.5 Å². The first-order valence-electron chi connectivity index (χ1n) is 9.25. The molecule has 8 nitrogen and oxygen atoms in total. The Labute approximate surface area is 174 Å². The van der Waals surface area contributed by atoms with Crippen LogP contribution in [0.15, 0.2) is 65.3 Å². The molecule has 0 aliphatic carbocycles. The molecule has 0 spiro atoms. The van der Waals surface area contributed by atoms with Gasteiger partial charge in [-0.1, -0.05) is 6.07 Å². The summed E-state index contributed by atoms with van der Waals surface area (Å²) in [6.45, 7) is 0.312. The predicted molar refractivity (Wildman–Crippen MR) is 113 cm³/mol. The summed E-state index contributed by atoms with van der Waals surface area (Å²) in [4.78, 5) is 24.7. The summed E-state index contributed by atoms with van der Waals surface area (Å²) in [5.74, 6) is 1.30. The van der Waals surface area contributed by atoms with E-state index >= 15 is 0 Å². The molecule has 0 fully saturated rings. The molecule has 3 N–H and O–H groups in total. The van der Waals surface area contributed by atoms with E-state index in [2.05, 4.69) is 16.0 Å². The molecule has 0 atom stereocenters. The average molecular weight is 409 g/mol. The summed E-state index contributed by atoms with van der Waals surface area (Å²) in [7, 11) is 3.07. The molecule has 3 aromatic rings. The lowest BCUT2D eigenvalue weighted by atomic mass is 10.2. The number of hydrogen-bond donors (Lipinski definition) is 3. The summed E-state index contributed by atoms with van der Waals surface area (Å²) in [6.07, 6.45) is 1.55. The molecular weight excluding hydrogens is 386 g/mol. The van der Waals surface area contributed by atoms with Crippen molar-refractivity contribution in [1.29, 1.82) is 0 Å². The first-order valence-corrected chi connectivity index (χ1v) is 9.25. The molecule has 0 saturated heterocycles. The van der Waals surface area contributed by atoms with Gasteiger partial charge in [-0.2, -0.15) is 0 Å². The Bertz CT molecular complexity index is 1000. The number of carbonyl (C=O) groups is 2. The van der Waals surface area contributed by atoms with Gasteiger partial charge in [0, 0.05) is 17.3 Å². The maximum atomic E-state index is 12.3. The molecule has 1 heterocycles. The van der Waals surface area contributed by atoms with Gasteiger partial charge in [0.25, 0.3) is 5.91 Å². The molecule has 2 amide bonds. The van der Waals surface area contributed by atoms with Crippen LogP contribution in [0.25, 0.3) is 0 Å². The Balaban J connectivity index is 1.56. The quantitative estimate of drug-likeness (QED) is 0.501. The van der Waals surface area contributed by atoms with Crippen LogP contribution in [0.3, 0.4) is 0 Å². The number of ether oxygens (including phenoxy) is 2. The minimum atomic E-state index is -0.269. The molecule has 156 valence electrons. The first-order chi connectivity index (χ1) is 14.6. The molecular formula is C22H23N3O5. The molecule has 30 heavy (non-hydrogen) atoms. The van der Waals surface area contributed by atoms with Gasteiger partial charge in [0.1, 0.15) is 17.3 Å². The van der Waals surface area contributed by atoms with Crippen molar-refractivity contribution in [2.75, 3.05) is 31.4 Å². The Kier molecular flexibility index (Phi) is 6.94. The standard InChI is InChI=1S/C22H23N3O5/c1-28-17-8-9-20(29-2)19(12-17)25-21(26)14-23-16-6-3-5-15(11-16)22(27)24-13-18-7-4-10-30-18/h3-12,23H,13-14H2,1-2H3,(H,24,27)(H,25,26). The van der Waals surface area contributed by atoms with Crippen LogP contribution in [0.1, 0.15) is 16.1 Å². The first kappa shape index (κ1) is 20.8. The normalized spacial score (nSPS) is 10.2. The smallest absolute Gasteiger partial charge is 0.251 e. The van der Waals surface area contributed by atoms with Crippen molar-refractivity contribution >= 4 is 23.2 Å². The highest BCUT2D eigenvalue weighted by molar-refractivity contribution is 5.96. The van der Waals surface area contributed by atoms with E-state index in [1.165, 1.54) is 7.11 Å². The fraction of sp³-hybridized carbons (Fsp3) is 0.182. The fourth-order valence-corrected chi connectivity index (χ4v) is 2.74. The van der Waals surface area contributed by atoms with Gasteiger partial charge in [-0.15, -0.1) is 0 Å². The predicted octanol–water partition coefficient (Wildman–Crippen LogP) is 3.28. The molecule has 0 bridgehead atoms. The van der Waals surface area contributed by atoms with Crippen molar-refractivity contribution < 1.29 is 23.5 Å². The number of carbonyl (C=O) groups excluding carboxylic acids is 2. The lowest BCUT2D eigenvalue weighted by molar-refractivity contribution is -0.114. The second-order valence-electron chi connectivity index (χ2n) is 6.31. The van der Waals surface area contributed by atoms with Crippen LogP contribution in [-0.4, -0.2) is 32.6 Å². The molecule has 3 rings (SSSR count). The van der Waals surface area contributed by atoms with Gasteiger partial charge in [0.05, 0.1) is 39.3 Å². The van der Waals surface area contributed by atoms with Crippen molar-refractivity contribution in [1.82, 2.24) is 5.32 Å². The minimum Gasteiger partial charge on any atom is -0.497 e. The average Bonchev–Trinajstić information content (AvgIpc) is 3.30. The van der Waals surface area contributed by atoms with E-state index in [0.29, 0.717) is 40.7 Å². The number of methoxy groups -OCH3 is 2. The maximum Gasteiger partial charge on any atom is 0.251 e. The highest BCUT2D eigenvalue weighted by atomic mass is 16.5. The third kappa shape index (κ3) is 5.54. The zero-order valence-electron chi connectivity index (χ0n) is 16.7. The number of amides is 2. The molecule has 0 aliphatic heterocycles. The number of hydrogen-bond acceptors (Lipinski definition) is 6. The number of anilines is 2. The van der Waals surface area contributed by atoms with Crippen molar-refractivity contribution in [2.45, 2.75) is 6.54 Å². The molecule has 0 radical (unpaired) electrons. The molecule has 8 heteroatoms. The molecule has 0 saturated carbocycles. The van der Waals surface area contributed by atoms with Crippen LogP contribution in [0.5, 0.6) is 11.5 Å². The molecule has 0 aliphatic rings. The highest BCUT2D eigenvalue weighted by Crippen LogP contribution is 2.28. The topological polar surface area (TPSA) is 102 Å². The van der Waals surface area contributed by atoms with E-state index in [-0.39, 0.29) is 18.4 Å². The number of rotatable bonds is 9. The second-order valence-corrected chi connectivity index (χ2v) is 6.31. The van der Waals surface area contributed by atoms with Gasteiger partial charge in [0.15, 0.2) is 0 Å². The van der Waals surface area contributed by atoms with Crippen LogP contribution in [0.4, 0.5) is 11.4 Å². The van der Waals surface area contributed by atoms with Crippen LogP contribution >= 0.6 is 0 Å². The molecule has 0 unspecified atom stereocenters. The largest absolute Gasteiger partial charge is 0.497 e. The fourth-order valence-electron chi connectivity index (χ4n) is 2.74. The van der Waals surface area contributed by atoms with Crippen molar-refractivity contribution in [3.63, 3.8) is 0 Å². The number of benzene rings is 2. The number of furan rings is 1. The zero-order valence-corrected chi connectivity index (χ0v) is 16.7. The summed E-state index contributed by atoms with van der Waals surface area (Å²) in [6, 6.07) is 15.6. The minimum absolute atomic E-state index is 0.0117. The summed E-state index contributed by atoms with van der Waals surface area (Å²) in [5.41, 5.74) is 1.63. The van der Waals surface area contributed by atoms with E-state index in [1.807, 2.05) is 0 Å². The van der Waals surface area contributed by atoms with Gasteiger partial charge in [-0.3, -0.25) is 9.59 Å². The lowest BCUT2D eigenvalue weighted by Crippen LogP contribution is -2.23. The van der Waals surface area contributed by atoms with Gasteiger partial charge >= 0.3 is 0 Å². The Hall–Kier alpha value is -3.94. The molecule has 1 aromatic heterocycles. The third-order valence-corrected chi connectivity index (χ3v) is 4.26. The van der Waals surface area contributed by atoms with Crippen molar-refractivity contribution in [3.05, 3.63) is 72.2 Å². The maximum absolute atomic E-state index is 12.3. The zero-order chi connectivity index (χ0) is 21.3. The molecule has 2 aromatic carbocycles. The van der Waals surface area contributed by atoms with Crippen molar-refractivity contribution in [2.24, 2.45) is 0 Å². The van der Waals surface area contributed by atoms with Gasteiger partial charge in [-0.05, 0) is 42.5 Å². The summed E-state index contributed by atoms with van der Waals surface area (Å²) in [5, 5.41) is 8.58. The SMILES string of the molecule is COc1ccc(OC)c(NC(=O)CNc2cccc(C(=O)NCc3ccco3)c2)c1. The van der Waals surface area contributed by atoms with Gasteiger partial charge in [-0.25, -0.2) is 0 Å². The third-order valence-electron chi connectivity index (χ3n) is 4.26. The van der Waals surface area contributed by atoms with Crippen LogP contribution in [0.2, 0.25) is 0 Å². The van der Waals surface area contributed by atoms with Crippen LogP contribution in [-0.2, 0) is 11.3 Å². The van der Waals surface area contributed by atoms with Crippen LogP contribution < -0.4 is 25.4 Å². The van der Waals surface area contributed by atoms with Gasteiger partial charge in [0.2, 0.25) is 5.91 Å². The van der Waals surface area contributed by atoms with E-state index in [4.69, 9.17) is 13.9 Å². The summed E-state index contributed by atoms with van der Waals surface area (Å²) >= 11 is 0. The van der Waals surface area contributed by atoms with Gasteiger partial charge < -0.3 is 29.8 Å². The Morgan fingerprint density at radius 2 is 1.87 bits per heavy atom. The van der Waals surface area contributed by atoms with E-state index in [9.17, 15) is 9.59 Å². The monoisotopic (exact) mass is 409 g/mol.